The SMILES string of the molecule is CN(Cc1ccccc1)c1nc2c(c(=O)n(Cc3cccc(F)c3)c(=O)n2C)n1C. The molecule has 0 unspecified atom stereocenters. The van der Waals surface area contributed by atoms with E-state index in [2.05, 4.69) is 4.98 Å². The molecular formula is C22H22FN5O2. The minimum Gasteiger partial charge on any atom is -0.341 e. The number of hydrogen-bond donors (Lipinski definition) is 0. The Labute approximate surface area is 172 Å². The van der Waals surface area contributed by atoms with E-state index in [0.717, 1.165) is 10.1 Å². The van der Waals surface area contributed by atoms with Gasteiger partial charge in [-0.15, -0.1) is 0 Å². The number of benzene rings is 2. The fraction of sp³-hybridized carbons (Fsp3) is 0.227. The summed E-state index contributed by atoms with van der Waals surface area (Å²) in [5.41, 5.74) is 1.33. The van der Waals surface area contributed by atoms with Gasteiger partial charge in [-0.1, -0.05) is 42.5 Å². The zero-order valence-electron chi connectivity index (χ0n) is 17.0. The average molecular weight is 407 g/mol. The molecule has 0 bridgehead atoms. The molecule has 0 spiro atoms. The lowest BCUT2D eigenvalue weighted by atomic mass is 10.2. The minimum atomic E-state index is -0.493. The van der Waals surface area contributed by atoms with Gasteiger partial charge in [-0.25, -0.2) is 9.18 Å². The number of rotatable bonds is 5. The van der Waals surface area contributed by atoms with Crippen molar-refractivity contribution in [3.8, 4) is 0 Å². The summed E-state index contributed by atoms with van der Waals surface area (Å²) in [5, 5.41) is 0. The molecule has 4 rings (SSSR count). The third kappa shape index (κ3) is 3.41. The Balaban J connectivity index is 1.81. The maximum absolute atomic E-state index is 13.5. The molecule has 2 aromatic heterocycles. The first-order valence-electron chi connectivity index (χ1n) is 9.52. The van der Waals surface area contributed by atoms with Crippen LogP contribution in [-0.4, -0.2) is 25.7 Å². The van der Waals surface area contributed by atoms with E-state index in [1.807, 2.05) is 42.3 Å². The monoisotopic (exact) mass is 407 g/mol. The molecule has 30 heavy (non-hydrogen) atoms. The minimum absolute atomic E-state index is 0.0143. The van der Waals surface area contributed by atoms with E-state index in [-0.39, 0.29) is 6.54 Å². The molecular weight excluding hydrogens is 385 g/mol. The second-order valence-electron chi connectivity index (χ2n) is 7.35. The van der Waals surface area contributed by atoms with Crippen molar-refractivity contribution in [2.75, 3.05) is 11.9 Å². The first kappa shape index (κ1) is 19.6. The van der Waals surface area contributed by atoms with Crippen LogP contribution in [0.5, 0.6) is 0 Å². The van der Waals surface area contributed by atoms with E-state index in [1.165, 1.54) is 16.7 Å². The van der Waals surface area contributed by atoms with E-state index in [4.69, 9.17) is 0 Å². The molecule has 0 aliphatic rings. The third-order valence-electron chi connectivity index (χ3n) is 5.17. The first-order valence-corrected chi connectivity index (χ1v) is 9.52. The molecule has 2 aromatic carbocycles. The van der Waals surface area contributed by atoms with Crippen LogP contribution in [0, 0.1) is 5.82 Å². The summed E-state index contributed by atoms with van der Waals surface area (Å²) in [4.78, 5) is 32.5. The predicted molar refractivity (Wildman–Crippen MR) is 114 cm³/mol. The largest absolute Gasteiger partial charge is 0.341 e. The zero-order chi connectivity index (χ0) is 21.4. The Morgan fingerprint density at radius 2 is 1.67 bits per heavy atom. The summed E-state index contributed by atoms with van der Waals surface area (Å²) >= 11 is 0. The Hall–Kier alpha value is -3.68. The van der Waals surface area contributed by atoms with Gasteiger partial charge in [0.2, 0.25) is 5.95 Å². The van der Waals surface area contributed by atoms with Crippen molar-refractivity contribution in [3.63, 3.8) is 0 Å². The fourth-order valence-corrected chi connectivity index (χ4v) is 3.66. The number of imidazole rings is 1. The molecule has 0 aliphatic carbocycles. The van der Waals surface area contributed by atoms with E-state index in [1.54, 1.807) is 30.8 Å². The lowest BCUT2D eigenvalue weighted by molar-refractivity contribution is 0.616. The summed E-state index contributed by atoms with van der Waals surface area (Å²) in [6.07, 6.45) is 0. The zero-order valence-corrected chi connectivity index (χ0v) is 17.0. The van der Waals surface area contributed by atoms with Crippen LogP contribution in [0.25, 0.3) is 11.2 Å². The van der Waals surface area contributed by atoms with Crippen LogP contribution in [0.3, 0.4) is 0 Å². The average Bonchev–Trinajstić information content (AvgIpc) is 3.08. The van der Waals surface area contributed by atoms with Crippen molar-refractivity contribution >= 4 is 17.1 Å². The van der Waals surface area contributed by atoms with Crippen molar-refractivity contribution in [1.29, 1.82) is 0 Å². The Morgan fingerprint density at radius 1 is 0.967 bits per heavy atom. The Kier molecular flexibility index (Phi) is 4.99. The second kappa shape index (κ2) is 7.62. The summed E-state index contributed by atoms with van der Waals surface area (Å²) in [6.45, 7) is 0.586. The summed E-state index contributed by atoms with van der Waals surface area (Å²) in [6, 6.07) is 15.8. The van der Waals surface area contributed by atoms with Crippen molar-refractivity contribution < 1.29 is 4.39 Å². The van der Waals surface area contributed by atoms with Crippen LogP contribution in [-0.2, 0) is 27.2 Å². The lowest BCUT2D eigenvalue weighted by Crippen LogP contribution is -2.39. The number of hydrogen-bond acceptors (Lipinski definition) is 4. The number of aryl methyl sites for hydroxylation is 2. The number of fused-ring (bicyclic) bond motifs is 1. The fourth-order valence-electron chi connectivity index (χ4n) is 3.66. The highest BCUT2D eigenvalue weighted by molar-refractivity contribution is 5.74. The van der Waals surface area contributed by atoms with Crippen LogP contribution in [0.2, 0.25) is 0 Å². The molecule has 0 aliphatic heterocycles. The van der Waals surface area contributed by atoms with Gasteiger partial charge in [0.15, 0.2) is 11.2 Å². The smallest absolute Gasteiger partial charge is 0.332 e. The number of aromatic nitrogens is 4. The molecule has 0 fully saturated rings. The quantitative estimate of drug-likeness (QED) is 0.509. The maximum atomic E-state index is 13.5. The highest BCUT2D eigenvalue weighted by Gasteiger charge is 2.20. The van der Waals surface area contributed by atoms with Crippen LogP contribution >= 0.6 is 0 Å². The van der Waals surface area contributed by atoms with E-state index >= 15 is 0 Å². The third-order valence-corrected chi connectivity index (χ3v) is 5.17. The van der Waals surface area contributed by atoms with E-state index in [9.17, 15) is 14.0 Å². The van der Waals surface area contributed by atoms with Gasteiger partial charge in [0.25, 0.3) is 5.56 Å². The molecule has 0 saturated carbocycles. The Bertz CT molecular complexity index is 1340. The summed E-state index contributed by atoms with van der Waals surface area (Å²) in [7, 11) is 5.22. The second-order valence-corrected chi connectivity index (χ2v) is 7.35. The molecule has 0 N–H and O–H groups in total. The predicted octanol–water partition coefficient (Wildman–Crippen LogP) is 2.26. The van der Waals surface area contributed by atoms with Gasteiger partial charge in [-0.2, -0.15) is 4.98 Å². The molecule has 154 valence electrons. The van der Waals surface area contributed by atoms with E-state index < -0.39 is 17.1 Å². The Morgan fingerprint density at radius 3 is 2.37 bits per heavy atom. The van der Waals surface area contributed by atoms with Crippen molar-refractivity contribution in [2.45, 2.75) is 13.1 Å². The normalized spacial score (nSPS) is 11.2. The molecule has 0 radical (unpaired) electrons. The highest BCUT2D eigenvalue weighted by Crippen LogP contribution is 2.18. The topological polar surface area (TPSA) is 65.1 Å². The van der Waals surface area contributed by atoms with Crippen LogP contribution < -0.4 is 16.1 Å². The van der Waals surface area contributed by atoms with Gasteiger partial charge in [0.1, 0.15) is 5.82 Å². The molecule has 8 heteroatoms. The molecule has 0 atom stereocenters. The van der Waals surface area contributed by atoms with Crippen LogP contribution in [0.4, 0.5) is 10.3 Å². The standard InChI is InChI=1S/C22H22FN5O2/c1-25(13-15-8-5-4-6-9-15)21-24-19-18(26(21)2)20(29)28(22(30)27(19)3)14-16-10-7-11-17(23)12-16/h4-12H,13-14H2,1-3H3. The van der Waals surface area contributed by atoms with Crippen LogP contribution in [0.1, 0.15) is 11.1 Å². The number of nitrogens with zero attached hydrogens (tertiary/aromatic N) is 5. The number of halogens is 1. The first-order chi connectivity index (χ1) is 14.4. The van der Waals surface area contributed by atoms with Gasteiger partial charge in [0, 0.05) is 27.7 Å². The van der Waals surface area contributed by atoms with Crippen molar-refractivity contribution in [3.05, 3.63) is 92.4 Å². The molecule has 7 nitrogen and oxygen atoms in total. The van der Waals surface area contributed by atoms with Gasteiger partial charge >= 0.3 is 5.69 Å². The van der Waals surface area contributed by atoms with Crippen molar-refractivity contribution in [1.82, 2.24) is 18.7 Å². The van der Waals surface area contributed by atoms with Gasteiger partial charge in [-0.3, -0.25) is 13.9 Å². The van der Waals surface area contributed by atoms with Gasteiger partial charge in [0.05, 0.1) is 6.54 Å². The maximum Gasteiger partial charge on any atom is 0.332 e. The number of anilines is 1. The molecule has 2 heterocycles. The van der Waals surface area contributed by atoms with Gasteiger partial charge in [-0.05, 0) is 23.3 Å². The summed E-state index contributed by atoms with van der Waals surface area (Å²) in [5.74, 6) is 0.160. The van der Waals surface area contributed by atoms with E-state index in [0.29, 0.717) is 29.2 Å². The summed E-state index contributed by atoms with van der Waals surface area (Å²) < 4.78 is 17.7. The molecule has 0 saturated heterocycles. The van der Waals surface area contributed by atoms with Crippen LogP contribution in [0.15, 0.2) is 64.2 Å². The molecule has 0 amide bonds. The highest BCUT2D eigenvalue weighted by atomic mass is 19.1. The van der Waals surface area contributed by atoms with Gasteiger partial charge < -0.3 is 9.47 Å². The molecule has 4 aromatic rings. The lowest BCUT2D eigenvalue weighted by Gasteiger charge is -2.18. The van der Waals surface area contributed by atoms with Crippen molar-refractivity contribution in [2.24, 2.45) is 14.1 Å².